The summed E-state index contributed by atoms with van der Waals surface area (Å²) in [6.07, 6.45) is 7.60. The van der Waals surface area contributed by atoms with Crippen LogP contribution >= 0.6 is 11.6 Å². The van der Waals surface area contributed by atoms with Crippen LogP contribution in [0.1, 0.15) is 63.0 Å². The molecule has 1 saturated carbocycles. The molecule has 1 saturated heterocycles. The van der Waals surface area contributed by atoms with Crippen LogP contribution in [0.15, 0.2) is 53.4 Å². The van der Waals surface area contributed by atoms with E-state index in [2.05, 4.69) is 5.32 Å². The first-order valence-corrected chi connectivity index (χ1v) is 14.0. The Hall–Kier alpha value is -2.09. The van der Waals surface area contributed by atoms with Crippen molar-refractivity contribution in [3.05, 3.63) is 59.1 Å². The van der Waals surface area contributed by atoms with Crippen molar-refractivity contribution >= 4 is 27.5 Å². The first-order chi connectivity index (χ1) is 16.4. The van der Waals surface area contributed by atoms with Gasteiger partial charge in [0.15, 0.2) is 0 Å². The molecule has 2 unspecified atom stereocenters. The number of nitrogens with zero attached hydrogens (tertiary/aromatic N) is 1. The van der Waals surface area contributed by atoms with Crippen LogP contribution in [0.3, 0.4) is 0 Å². The normalized spacial score (nSPS) is 24.7. The molecule has 2 heterocycles. The van der Waals surface area contributed by atoms with Gasteiger partial charge < -0.3 is 10.1 Å². The standard InChI is InChI=1S/C26H31ClN2O4S/c27-20-10-12-21(13-11-20)34(31,32)29-16-6-7-19(18-29)25(30)28-23-17-26(14-4-1-5-15-26)33-24-9-3-2-8-22(23)24/h2-3,8-13,19,23H,1,4-7,14-18H2,(H,28,30). The molecule has 2 aromatic rings. The molecule has 6 nitrogen and oxygen atoms in total. The summed E-state index contributed by atoms with van der Waals surface area (Å²) in [6.45, 7) is 0.602. The minimum absolute atomic E-state index is 0.0799. The van der Waals surface area contributed by atoms with Gasteiger partial charge in [0.1, 0.15) is 11.4 Å². The lowest BCUT2D eigenvalue weighted by Crippen LogP contribution is -2.49. The number of ether oxygens (including phenoxy) is 1. The van der Waals surface area contributed by atoms with Crippen molar-refractivity contribution in [2.24, 2.45) is 5.92 Å². The van der Waals surface area contributed by atoms with E-state index in [1.54, 1.807) is 12.1 Å². The predicted molar refractivity (Wildman–Crippen MR) is 131 cm³/mol. The maximum Gasteiger partial charge on any atom is 0.243 e. The smallest absolute Gasteiger partial charge is 0.243 e. The lowest BCUT2D eigenvalue weighted by Gasteiger charge is -2.45. The fourth-order valence-electron chi connectivity index (χ4n) is 5.67. The lowest BCUT2D eigenvalue weighted by atomic mass is 9.77. The molecule has 8 heteroatoms. The first-order valence-electron chi connectivity index (χ1n) is 12.2. The number of rotatable bonds is 4. The van der Waals surface area contributed by atoms with E-state index >= 15 is 0 Å². The number of halogens is 1. The number of sulfonamides is 1. The second-order valence-corrected chi connectivity index (χ2v) is 12.2. The molecule has 0 aromatic heterocycles. The first kappa shape index (κ1) is 23.6. The van der Waals surface area contributed by atoms with Crippen molar-refractivity contribution in [3.63, 3.8) is 0 Å². The molecular formula is C26H31ClN2O4S. The van der Waals surface area contributed by atoms with Gasteiger partial charge in [0, 0.05) is 30.1 Å². The van der Waals surface area contributed by atoms with E-state index < -0.39 is 10.0 Å². The molecule has 182 valence electrons. The highest BCUT2D eigenvalue weighted by Gasteiger charge is 2.43. The van der Waals surface area contributed by atoms with Gasteiger partial charge in [-0.25, -0.2) is 8.42 Å². The second-order valence-electron chi connectivity index (χ2n) is 9.80. The van der Waals surface area contributed by atoms with Crippen LogP contribution in [0.25, 0.3) is 0 Å². The zero-order valence-corrected chi connectivity index (χ0v) is 20.8. The van der Waals surface area contributed by atoms with Crippen molar-refractivity contribution in [3.8, 4) is 5.75 Å². The van der Waals surface area contributed by atoms with E-state index in [0.717, 1.165) is 43.4 Å². The third kappa shape index (κ3) is 4.70. The summed E-state index contributed by atoms with van der Waals surface area (Å²) >= 11 is 5.92. The average molecular weight is 503 g/mol. The summed E-state index contributed by atoms with van der Waals surface area (Å²) in [7, 11) is -3.67. The van der Waals surface area contributed by atoms with E-state index in [1.807, 2.05) is 24.3 Å². The van der Waals surface area contributed by atoms with Gasteiger partial charge in [-0.05, 0) is 68.9 Å². The minimum atomic E-state index is -3.67. The zero-order chi connectivity index (χ0) is 23.8. The fraction of sp³-hybridized carbons (Fsp3) is 0.500. The Kier molecular flexibility index (Phi) is 6.62. The second kappa shape index (κ2) is 9.51. The van der Waals surface area contributed by atoms with Gasteiger partial charge in [0.05, 0.1) is 16.9 Å². The highest BCUT2D eigenvalue weighted by molar-refractivity contribution is 7.89. The summed E-state index contributed by atoms with van der Waals surface area (Å²) in [5.41, 5.74) is 0.787. The Morgan fingerprint density at radius 2 is 1.76 bits per heavy atom. The molecule has 3 aliphatic rings. The van der Waals surface area contributed by atoms with E-state index in [1.165, 1.54) is 22.9 Å². The maximum atomic E-state index is 13.4. The minimum Gasteiger partial charge on any atom is -0.487 e. The Morgan fingerprint density at radius 3 is 2.53 bits per heavy atom. The quantitative estimate of drug-likeness (QED) is 0.632. The molecule has 2 fully saturated rings. The predicted octanol–water partition coefficient (Wildman–Crippen LogP) is 5.08. The van der Waals surface area contributed by atoms with E-state index in [0.29, 0.717) is 24.4 Å². The summed E-state index contributed by atoms with van der Waals surface area (Å²) in [5.74, 6) is 0.397. The third-order valence-corrected chi connectivity index (χ3v) is 9.62. The number of carbonyl (C=O) groups excluding carboxylic acids is 1. The largest absolute Gasteiger partial charge is 0.487 e. The molecule has 2 aromatic carbocycles. The summed E-state index contributed by atoms with van der Waals surface area (Å²) in [5, 5.41) is 3.77. The highest BCUT2D eigenvalue weighted by Crippen LogP contribution is 2.46. The van der Waals surface area contributed by atoms with Crippen LogP contribution in [-0.2, 0) is 14.8 Å². The van der Waals surface area contributed by atoms with Gasteiger partial charge in [-0.2, -0.15) is 4.31 Å². The number of hydrogen-bond donors (Lipinski definition) is 1. The van der Waals surface area contributed by atoms with E-state index in [-0.39, 0.29) is 34.9 Å². The SMILES string of the molecule is O=C(NC1CC2(CCCCC2)Oc2ccccc21)C1CCCN(S(=O)(=O)c2ccc(Cl)cc2)C1. The van der Waals surface area contributed by atoms with Crippen molar-refractivity contribution < 1.29 is 17.9 Å². The van der Waals surface area contributed by atoms with Crippen LogP contribution in [0.2, 0.25) is 5.02 Å². The number of hydrogen-bond acceptors (Lipinski definition) is 4. The van der Waals surface area contributed by atoms with Crippen LogP contribution < -0.4 is 10.1 Å². The van der Waals surface area contributed by atoms with Crippen LogP contribution in [0.4, 0.5) is 0 Å². The average Bonchev–Trinajstić information content (AvgIpc) is 2.85. The summed E-state index contributed by atoms with van der Waals surface area (Å²) in [4.78, 5) is 13.6. The van der Waals surface area contributed by atoms with Crippen LogP contribution in [0.5, 0.6) is 5.75 Å². The van der Waals surface area contributed by atoms with Crippen LogP contribution in [-0.4, -0.2) is 37.3 Å². The number of piperidine rings is 1. The van der Waals surface area contributed by atoms with Gasteiger partial charge in [-0.15, -0.1) is 0 Å². The zero-order valence-electron chi connectivity index (χ0n) is 19.2. The third-order valence-electron chi connectivity index (χ3n) is 7.48. The van der Waals surface area contributed by atoms with Gasteiger partial charge in [0.2, 0.25) is 15.9 Å². The summed E-state index contributed by atoms with van der Waals surface area (Å²) in [6, 6.07) is 14.0. The van der Waals surface area contributed by atoms with Gasteiger partial charge in [0.25, 0.3) is 0 Å². The number of amides is 1. The molecule has 0 radical (unpaired) electrons. The molecule has 34 heavy (non-hydrogen) atoms. The molecular weight excluding hydrogens is 472 g/mol. The molecule has 1 spiro atoms. The molecule has 1 amide bonds. The highest BCUT2D eigenvalue weighted by atomic mass is 35.5. The Bertz CT molecular complexity index is 1150. The van der Waals surface area contributed by atoms with Crippen molar-refractivity contribution in [2.75, 3.05) is 13.1 Å². The molecule has 1 N–H and O–H groups in total. The summed E-state index contributed by atoms with van der Waals surface area (Å²) < 4.78 is 34.2. The van der Waals surface area contributed by atoms with Gasteiger partial charge >= 0.3 is 0 Å². The Morgan fingerprint density at radius 1 is 1.03 bits per heavy atom. The van der Waals surface area contributed by atoms with Crippen molar-refractivity contribution in [1.82, 2.24) is 9.62 Å². The van der Waals surface area contributed by atoms with Crippen molar-refractivity contribution in [1.29, 1.82) is 0 Å². The topological polar surface area (TPSA) is 75.7 Å². The molecule has 0 bridgehead atoms. The number of carbonyl (C=O) groups is 1. The Labute approximate surface area is 206 Å². The molecule has 5 rings (SSSR count). The fourth-order valence-corrected chi connectivity index (χ4v) is 7.32. The van der Waals surface area contributed by atoms with Crippen molar-refractivity contribution in [2.45, 2.75) is 67.9 Å². The van der Waals surface area contributed by atoms with Gasteiger partial charge in [-0.3, -0.25) is 4.79 Å². The number of fused-ring (bicyclic) bond motifs is 1. The molecule has 2 atom stereocenters. The lowest BCUT2D eigenvalue weighted by molar-refractivity contribution is -0.127. The number of para-hydroxylation sites is 1. The molecule has 1 aliphatic carbocycles. The van der Waals surface area contributed by atoms with Crippen LogP contribution in [0, 0.1) is 5.92 Å². The number of nitrogens with one attached hydrogen (secondary N) is 1. The van der Waals surface area contributed by atoms with E-state index in [4.69, 9.17) is 16.3 Å². The molecule has 2 aliphatic heterocycles. The maximum absolute atomic E-state index is 13.4. The number of benzene rings is 2. The van der Waals surface area contributed by atoms with E-state index in [9.17, 15) is 13.2 Å². The van der Waals surface area contributed by atoms with Gasteiger partial charge in [-0.1, -0.05) is 36.2 Å². The monoisotopic (exact) mass is 502 g/mol. The Balaban J connectivity index is 1.32.